The van der Waals surface area contributed by atoms with Crippen LogP contribution < -0.4 is 5.32 Å². The molecule has 162 valence electrons. The number of urea groups is 1. The van der Waals surface area contributed by atoms with Crippen molar-refractivity contribution in [1.29, 1.82) is 0 Å². The van der Waals surface area contributed by atoms with E-state index in [1.807, 2.05) is 45.0 Å². The highest BCUT2D eigenvalue weighted by Gasteiger charge is 2.26. The van der Waals surface area contributed by atoms with Crippen LogP contribution >= 0.6 is 0 Å². The van der Waals surface area contributed by atoms with Crippen LogP contribution in [0.5, 0.6) is 0 Å². The molecule has 8 heteroatoms. The smallest absolute Gasteiger partial charge is 0.410 e. The second-order valence-electron chi connectivity index (χ2n) is 8.72. The van der Waals surface area contributed by atoms with E-state index in [0.29, 0.717) is 26.2 Å². The number of hydrogen-bond acceptors (Lipinski definition) is 5. The number of carbonyl (C=O) groups excluding carboxylic acids is 2. The van der Waals surface area contributed by atoms with Crippen molar-refractivity contribution in [2.75, 3.05) is 18.4 Å². The number of benzene rings is 1. The second-order valence-corrected chi connectivity index (χ2v) is 8.72. The lowest BCUT2D eigenvalue weighted by atomic mass is 9.99. The molecule has 2 aliphatic heterocycles. The Kier molecular flexibility index (Phi) is 5.63. The molecule has 0 spiro atoms. The Morgan fingerprint density at radius 1 is 1.00 bits per heavy atom. The summed E-state index contributed by atoms with van der Waals surface area (Å²) < 4.78 is 5.44. The molecule has 1 N–H and O–H groups in total. The minimum atomic E-state index is -0.494. The van der Waals surface area contributed by atoms with Gasteiger partial charge in [-0.15, -0.1) is 0 Å². The Bertz CT molecular complexity index is 986. The fourth-order valence-corrected chi connectivity index (χ4v) is 3.61. The molecule has 4 rings (SSSR count). The lowest BCUT2D eigenvalue weighted by Gasteiger charge is -2.29. The maximum atomic E-state index is 12.6. The summed E-state index contributed by atoms with van der Waals surface area (Å²) >= 11 is 0. The fraction of sp³-hybridized carbons (Fsp3) is 0.391. The van der Waals surface area contributed by atoms with E-state index in [0.717, 1.165) is 29.1 Å². The number of carbonyl (C=O) groups is 2. The number of nitrogens with zero attached hydrogens (tertiary/aromatic N) is 4. The molecule has 0 bridgehead atoms. The topological polar surface area (TPSA) is 87.7 Å². The average molecular weight is 422 g/mol. The van der Waals surface area contributed by atoms with Crippen LogP contribution in [-0.2, 0) is 17.8 Å². The summed E-state index contributed by atoms with van der Waals surface area (Å²) in [5.41, 5.74) is 4.20. The molecule has 8 nitrogen and oxygen atoms in total. The first-order chi connectivity index (χ1) is 14.8. The Labute approximate surface area is 181 Å². The van der Waals surface area contributed by atoms with Crippen molar-refractivity contribution in [3.8, 4) is 0 Å². The van der Waals surface area contributed by atoms with Crippen LogP contribution in [0.3, 0.4) is 0 Å². The number of hydrogen-bond donors (Lipinski definition) is 1. The van der Waals surface area contributed by atoms with Gasteiger partial charge in [0, 0.05) is 31.2 Å². The molecular formula is C23H27N5O3. The molecule has 0 saturated carbocycles. The number of aromatic nitrogens is 2. The molecule has 3 heterocycles. The Balaban J connectivity index is 1.33. The molecule has 0 unspecified atom stereocenters. The molecule has 1 aromatic carbocycles. The van der Waals surface area contributed by atoms with Gasteiger partial charge >= 0.3 is 12.1 Å². The van der Waals surface area contributed by atoms with Crippen molar-refractivity contribution in [2.24, 2.45) is 0 Å². The van der Waals surface area contributed by atoms with Gasteiger partial charge in [0.1, 0.15) is 5.60 Å². The first-order valence-corrected chi connectivity index (χ1v) is 10.4. The minimum Gasteiger partial charge on any atom is -0.444 e. The largest absolute Gasteiger partial charge is 0.444 e. The van der Waals surface area contributed by atoms with Gasteiger partial charge in [0.15, 0.2) is 0 Å². The van der Waals surface area contributed by atoms with E-state index in [1.54, 1.807) is 22.2 Å². The third-order valence-electron chi connectivity index (χ3n) is 5.20. The Morgan fingerprint density at radius 2 is 1.65 bits per heavy atom. The number of ether oxygens (including phenoxy) is 1. The summed E-state index contributed by atoms with van der Waals surface area (Å²) in [6, 6.07) is 7.61. The van der Waals surface area contributed by atoms with Crippen molar-refractivity contribution in [3.05, 3.63) is 59.7 Å². The minimum absolute atomic E-state index is 0.169. The molecular weight excluding hydrogens is 394 g/mol. The second kappa shape index (κ2) is 8.37. The molecule has 0 fully saturated rings. The lowest BCUT2D eigenvalue weighted by molar-refractivity contribution is 0.0270. The van der Waals surface area contributed by atoms with Crippen molar-refractivity contribution in [1.82, 2.24) is 19.8 Å². The summed E-state index contributed by atoms with van der Waals surface area (Å²) in [4.78, 5) is 36.7. The van der Waals surface area contributed by atoms with Crippen LogP contribution in [0, 0.1) is 0 Å². The highest BCUT2D eigenvalue weighted by molar-refractivity contribution is 5.89. The summed E-state index contributed by atoms with van der Waals surface area (Å²) in [6.45, 7) is 7.69. The number of amides is 3. The number of rotatable bonds is 2. The number of nitrogens with one attached hydrogen (secondary N) is 1. The monoisotopic (exact) mass is 421 g/mol. The standard InChI is InChI=1S/C23H27N5O3/c1-23(2,3)31-22(30)27-12-8-17(9-13-27)16-4-6-18(7-5-16)26-21(29)28-14-19-20(15-28)25-11-10-24-19/h4-8,10-11H,9,12-15H2,1-3H3,(H,26,29). The summed E-state index contributed by atoms with van der Waals surface area (Å²) in [5.74, 6) is 0. The maximum absolute atomic E-state index is 12.6. The van der Waals surface area contributed by atoms with Crippen molar-refractivity contribution >= 4 is 23.4 Å². The quantitative estimate of drug-likeness (QED) is 0.790. The van der Waals surface area contributed by atoms with Crippen LogP contribution in [0.15, 0.2) is 42.7 Å². The molecule has 3 amide bonds. The molecule has 2 aliphatic rings. The van der Waals surface area contributed by atoms with Gasteiger partial charge in [0.05, 0.1) is 24.5 Å². The average Bonchev–Trinajstić information content (AvgIpc) is 3.18. The van der Waals surface area contributed by atoms with Crippen molar-refractivity contribution in [3.63, 3.8) is 0 Å². The Morgan fingerprint density at radius 3 is 2.19 bits per heavy atom. The zero-order valence-electron chi connectivity index (χ0n) is 18.1. The van der Waals surface area contributed by atoms with E-state index < -0.39 is 5.60 Å². The van der Waals surface area contributed by atoms with Gasteiger partial charge in [0.25, 0.3) is 0 Å². The predicted octanol–water partition coefficient (Wildman–Crippen LogP) is 4.05. The zero-order chi connectivity index (χ0) is 22.0. The number of anilines is 1. The SMILES string of the molecule is CC(C)(C)OC(=O)N1CC=C(c2ccc(NC(=O)N3Cc4nccnc4C3)cc2)CC1. The van der Waals surface area contributed by atoms with E-state index in [2.05, 4.69) is 21.4 Å². The van der Waals surface area contributed by atoms with Gasteiger partial charge in [0.2, 0.25) is 0 Å². The van der Waals surface area contributed by atoms with E-state index >= 15 is 0 Å². The van der Waals surface area contributed by atoms with Gasteiger partial charge in [-0.2, -0.15) is 0 Å². The molecule has 0 saturated heterocycles. The van der Waals surface area contributed by atoms with Gasteiger partial charge in [-0.1, -0.05) is 18.2 Å². The third-order valence-corrected chi connectivity index (χ3v) is 5.20. The predicted molar refractivity (Wildman–Crippen MR) is 117 cm³/mol. The van der Waals surface area contributed by atoms with Crippen LogP contribution in [0.1, 0.15) is 44.1 Å². The molecule has 0 aliphatic carbocycles. The van der Waals surface area contributed by atoms with E-state index in [-0.39, 0.29) is 12.1 Å². The molecule has 1 aromatic heterocycles. The van der Waals surface area contributed by atoms with Gasteiger partial charge < -0.3 is 19.9 Å². The van der Waals surface area contributed by atoms with Crippen LogP contribution in [0.25, 0.3) is 5.57 Å². The first kappa shape index (κ1) is 20.8. The Hall–Kier alpha value is -3.42. The summed E-state index contributed by atoms with van der Waals surface area (Å²) in [6.07, 6.45) is 5.83. The maximum Gasteiger partial charge on any atom is 0.410 e. The summed E-state index contributed by atoms with van der Waals surface area (Å²) in [7, 11) is 0. The number of fused-ring (bicyclic) bond motifs is 1. The van der Waals surface area contributed by atoms with E-state index in [9.17, 15) is 9.59 Å². The molecule has 31 heavy (non-hydrogen) atoms. The molecule has 0 radical (unpaired) electrons. The normalized spacial score (nSPS) is 15.9. The van der Waals surface area contributed by atoms with E-state index in [1.165, 1.54) is 5.57 Å². The third kappa shape index (κ3) is 5.02. The summed E-state index contributed by atoms with van der Waals surface area (Å²) in [5, 5.41) is 2.94. The van der Waals surface area contributed by atoms with Gasteiger partial charge in [-0.05, 0) is 50.5 Å². The van der Waals surface area contributed by atoms with Crippen molar-refractivity contribution < 1.29 is 14.3 Å². The first-order valence-electron chi connectivity index (χ1n) is 10.4. The van der Waals surface area contributed by atoms with Gasteiger partial charge in [-0.25, -0.2) is 9.59 Å². The molecule has 2 aromatic rings. The van der Waals surface area contributed by atoms with Gasteiger partial charge in [-0.3, -0.25) is 9.97 Å². The zero-order valence-corrected chi connectivity index (χ0v) is 18.1. The van der Waals surface area contributed by atoms with Crippen LogP contribution in [0.2, 0.25) is 0 Å². The highest BCUT2D eigenvalue weighted by Crippen LogP contribution is 2.25. The fourth-order valence-electron chi connectivity index (χ4n) is 3.61. The van der Waals surface area contributed by atoms with E-state index in [4.69, 9.17) is 4.74 Å². The molecule has 0 atom stereocenters. The van der Waals surface area contributed by atoms with Crippen molar-refractivity contribution in [2.45, 2.75) is 45.9 Å². The van der Waals surface area contributed by atoms with Crippen LogP contribution in [-0.4, -0.2) is 50.6 Å². The highest BCUT2D eigenvalue weighted by atomic mass is 16.6. The lowest BCUT2D eigenvalue weighted by Crippen LogP contribution is -2.39. The van der Waals surface area contributed by atoms with Crippen LogP contribution in [0.4, 0.5) is 15.3 Å².